The van der Waals surface area contributed by atoms with E-state index < -0.39 is 6.10 Å². The van der Waals surface area contributed by atoms with Crippen LogP contribution < -0.4 is 19.9 Å². The molecule has 1 atom stereocenters. The predicted octanol–water partition coefficient (Wildman–Crippen LogP) is 2.17. The lowest BCUT2D eigenvalue weighted by Crippen LogP contribution is -3.12. The van der Waals surface area contributed by atoms with E-state index in [1.165, 1.54) is 4.90 Å². The molecule has 2 aromatic carbocycles. The van der Waals surface area contributed by atoms with Crippen LogP contribution >= 0.6 is 11.6 Å². The third kappa shape index (κ3) is 4.43. The van der Waals surface area contributed by atoms with Crippen molar-refractivity contribution in [3.63, 3.8) is 0 Å². The number of hydrogen-bond acceptors (Lipinski definition) is 3. The Kier molecular flexibility index (Phi) is 6.37. The minimum absolute atomic E-state index is 0.424. The first-order valence-corrected chi connectivity index (χ1v) is 9.81. The van der Waals surface area contributed by atoms with Gasteiger partial charge in [0.15, 0.2) is 0 Å². The van der Waals surface area contributed by atoms with Crippen molar-refractivity contribution >= 4 is 39.1 Å². The van der Waals surface area contributed by atoms with Crippen LogP contribution in [0.1, 0.15) is 13.8 Å². The number of aliphatic hydroxyl groups excluding tert-OH is 1. The number of nitrogens with one attached hydrogen (secondary N) is 3. The molecule has 27 heavy (non-hydrogen) atoms. The fourth-order valence-corrected chi connectivity index (χ4v) is 3.62. The van der Waals surface area contributed by atoms with Crippen molar-refractivity contribution in [2.75, 3.05) is 38.6 Å². The molecule has 0 saturated heterocycles. The maximum atomic E-state index is 10.5. The standard InChI is InChI=1S/C21H26ClN3O2/c1-4-25(5-2)13-15(26)12-23-21-17-8-6-14(22)10-20(17)24-19-9-7-16(27-3)11-18(19)21/h6-11,15,26H,4-5,12-13H2,1-3H3,(H,23,24)/p+2. The first-order valence-electron chi connectivity index (χ1n) is 9.43. The highest BCUT2D eigenvalue weighted by molar-refractivity contribution is 6.31. The highest BCUT2D eigenvalue weighted by Gasteiger charge is 2.18. The zero-order valence-electron chi connectivity index (χ0n) is 16.1. The number of ether oxygens (including phenoxy) is 1. The third-order valence-electron chi connectivity index (χ3n) is 5.06. The SMILES string of the molecule is CC[NH+](CC)CC(O)CNc1c2ccc(Cl)cc2[nH+]c2ccc(OC)cc12. The van der Waals surface area contributed by atoms with Crippen LogP contribution in [0.15, 0.2) is 36.4 Å². The van der Waals surface area contributed by atoms with Gasteiger partial charge in [0.2, 0.25) is 11.0 Å². The van der Waals surface area contributed by atoms with Crippen LogP contribution in [0.3, 0.4) is 0 Å². The smallest absolute Gasteiger partial charge is 0.214 e. The van der Waals surface area contributed by atoms with E-state index in [1.54, 1.807) is 7.11 Å². The van der Waals surface area contributed by atoms with Gasteiger partial charge in [-0.2, -0.15) is 0 Å². The third-order valence-corrected chi connectivity index (χ3v) is 5.29. The van der Waals surface area contributed by atoms with Crippen molar-refractivity contribution in [1.82, 2.24) is 0 Å². The number of hydrogen-bond donors (Lipinski definition) is 3. The van der Waals surface area contributed by atoms with E-state index in [4.69, 9.17) is 16.3 Å². The lowest BCUT2D eigenvalue weighted by Gasteiger charge is -2.20. The number of aromatic amines is 1. The summed E-state index contributed by atoms with van der Waals surface area (Å²) in [5.74, 6) is 0.792. The average Bonchev–Trinajstić information content (AvgIpc) is 2.68. The molecule has 0 aliphatic heterocycles. The second-order valence-electron chi connectivity index (χ2n) is 6.80. The van der Waals surface area contributed by atoms with E-state index in [1.807, 2.05) is 36.4 Å². The zero-order valence-corrected chi connectivity index (χ0v) is 16.9. The van der Waals surface area contributed by atoms with Crippen molar-refractivity contribution in [1.29, 1.82) is 0 Å². The van der Waals surface area contributed by atoms with E-state index in [0.29, 0.717) is 11.6 Å². The summed E-state index contributed by atoms with van der Waals surface area (Å²) in [5, 5.41) is 16.7. The first kappa shape index (κ1) is 19.7. The Bertz CT molecular complexity index is 928. The molecule has 144 valence electrons. The van der Waals surface area contributed by atoms with Gasteiger partial charge in [-0.25, -0.2) is 4.98 Å². The maximum absolute atomic E-state index is 10.5. The van der Waals surface area contributed by atoms with E-state index in [2.05, 4.69) is 24.1 Å². The molecule has 0 amide bonds. The number of pyridine rings is 1. The summed E-state index contributed by atoms with van der Waals surface area (Å²) >= 11 is 6.18. The number of aliphatic hydroxyl groups is 1. The van der Waals surface area contributed by atoms with Gasteiger partial charge in [0.1, 0.15) is 18.4 Å². The van der Waals surface area contributed by atoms with Gasteiger partial charge in [-0.3, -0.25) is 0 Å². The molecule has 1 unspecified atom stereocenters. The molecule has 0 fully saturated rings. The molecule has 3 aromatic rings. The summed E-state index contributed by atoms with van der Waals surface area (Å²) in [7, 11) is 1.66. The molecule has 0 spiro atoms. The Morgan fingerprint density at radius 1 is 1.11 bits per heavy atom. The molecule has 0 radical (unpaired) electrons. The minimum atomic E-state index is -0.424. The monoisotopic (exact) mass is 389 g/mol. The van der Waals surface area contributed by atoms with Crippen LogP contribution in [-0.4, -0.2) is 44.5 Å². The quantitative estimate of drug-likeness (QED) is 0.517. The molecule has 3 rings (SSSR count). The lowest BCUT2D eigenvalue weighted by atomic mass is 10.1. The fourth-order valence-electron chi connectivity index (χ4n) is 3.45. The molecule has 1 aromatic heterocycles. The number of fused-ring (bicyclic) bond motifs is 2. The number of methoxy groups -OCH3 is 1. The van der Waals surface area contributed by atoms with Crippen LogP contribution in [0.25, 0.3) is 21.8 Å². The van der Waals surface area contributed by atoms with Gasteiger partial charge in [-0.15, -0.1) is 0 Å². The normalized spacial score (nSPS) is 12.7. The Balaban J connectivity index is 1.99. The van der Waals surface area contributed by atoms with Crippen LogP contribution in [0.5, 0.6) is 5.75 Å². The van der Waals surface area contributed by atoms with Gasteiger partial charge in [0.25, 0.3) is 0 Å². The molecule has 0 bridgehead atoms. The van der Waals surface area contributed by atoms with Crippen molar-refractivity contribution in [3.05, 3.63) is 41.4 Å². The van der Waals surface area contributed by atoms with Gasteiger partial charge in [-0.05, 0) is 38.1 Å². The van der Waals surface area contributed by atoms with Gasteiger partial charge < -0.3 is 20.1 Å². The summed E-state index contributed by atoms with van der Waals surface area (Å²) in [6.45, 7) is 7.51. The van der Waals surface area contributed by atoms with Crippen LogP contribution in [0.4, 0.5) is 5.69 Å². The Hall–Kier alpha value is -2.08. The van der Waals surface area contributed by atoms with Crippen molar-refractivity contribution in [2.45, 2.75) is 20.0 Å². The second-order valence-corrected chi connectivity index (χ2v) is 7.23. The molecule has 5 nitrogen and oxygen atoms in total. The molecule has 6 heteroatoms. The van der Waals surface area contributed by atoms with Crippen molar-refractivity contribution < 1.29 is 19.7 Å². The molecular formula is C21H28ClN3O2+2. The highest BCUT2D eigenvalue weighted by atomic mass is 35.5. The molecule has 0 aliphatic carbocycles. The zero-order chi connectivity index (χ0) is 19.4. The van der Waals surface area contributed by atoms with Gasteiger partial charge in [0.05, 0.1) is 36.7 Å². The number of benzene rings is 2. The predicted molar refractivity (Wildman–Crippen MR) is 111 cm³/mol. The molecular weight excluding hydrogens is 362 g/mol. The fraction of sp³-hybridized carbons (Fsp3) is 0.381. The van der Waals surface area contributed by atoms with E-state index in [-0.39, 0.29) is 0 Å². The minimum Gasteiger partial charge on any atom is -0.497 e. The van der Waals surface area contributed by atoms with Crippen LogP contribution in [0.2, 0.25) is 5.02 Å². The highest BCUT2D eigenvalue weighted by Crippen LogP contribution is 2.32. The largest absolute Gasteiger partial charge is 0.497 e. The summed E-state index contributed by atoms with van der Waals surface area (Å²) in [6.07, 6.45) is -0.424. The molecule has 4 N–H and O–H groups in total. The average molecular weight is 390 g/mol. The number of quaternary nitrogens is 1. The number of likely N-dealkylation sites (N-methyl/N-ethyl adjacent to an activating group) is 1. The maximum Gasteiger partial charge on any atom is 0.214 e. The topological polar surface area (TPSA) is 60.1 Å². The number of aromatic nitrogens is 1. The van der Waals surface area contributed by atoms with Crippen LogP contribution in [-0.2, 0) is 0 Å². The number of H-pyrrole nitrogens is 1. The van der Waals surface area contributed by atoms with Crippen molar-refractivity contribution in [2.24, 2.45) is 0 Å². The molecule has 0 saturated carbocycles. The lowest BCUT2D eigenvalue weighted by molar-refractivity contribution is -0.899. The van der Waals surface area contributed by atoms with E-state index in [9.17, 15) is 5.11 Å². The van der Waals surface area contributed by atoms with Gasteiger partial charge >= 0.3 is 0 Å². The second kappa shape index (κ2) is 8.74. The summed E-state index contributed by atoms with van der Waals surface area (Å²) < 4.78 is 5.40. The van der Waals surface area contributed by atoms with Crippen LogP contribution in [0, 0.1) is 0 Å². The number of rotatable bonds is 8. The Morgan fingerprint density at radius 3 is 2.59 bits per heavy atom. The van der Waals surface area contributed by atoms with E-state index in [0.717, 1.165) is 52.9 Å². The summed E-state index contributed by atoms with van der Waals surface area (Å²) in [4.78, 5) is 4.82. The molecule has 0 aliphatic rings. The van der Waals surface area contributed by atoms with Crippen molar-refractivity contribution in [3.8, 4) is 5.75 Å². The number of anilines is 1. The van der Waals surface area contributed by atoms with Gasteiger partial charge in [0, 0.05) is 23.7 Å². The number of halogens is 1. The summed E-state index contributed by atoms with van der Waals surface area (Å²) in [6, 6.07) is 11.7. The Labute approximate surface area is 164 Å². The van der Waals surface area contributed by atoms with E-state index >= 15 is 0 Å². The first-order chi connectivity index (χ1) is 13.0. The molecule has 1 heterocycles. The summed E-state index contributed by atoms with van der Waals surface area (Å²) in [5.41, 5.74) is 2.91. The Morgan fingerprint density at radius 2 is 1.89 bits per heavy atom. The van der Waals surface area contributed by atoms with Gasteiger partial charge in [-0.1, -0.05) is 11.6 Å².